The maximum atomic E-state index is 9.60. The van der Waals surface area contributed by atoms with Crippen LogP contribution in [0.4, 0.5) is 17.1 Å². The van der Waals surface area contributed by atoms with Crippen LogP contribution >= 0.6 is 0 Å². The number of fused-ring (bicyclic) bond motifs is 6. The SMILES string of the molecule is [2H]c1c([2H])c([2H])c(-c2c([2H])c([2H])c(-c3c([2H])c([2H])c(N(c4cc5ccccc5c5ccccc45)c4cccc5c4oc4ccccc45)c([2H])c3[2H])c([2H])c2[2H])c([2H])c1[2H]. The van der Waals surface area contributed by atoms with Crippen molar-refractivity contribution in [3.63, 3.8) is 0 Å². The molecule has 0 saturated heterocycles. The van der Waals surface area contributed by atoms with E-state index in [4.69, 9.17) is 16.8 Å². The molecule has 0 unspecified atom stereocenters. The summed E-state index contributed by atoms with van der Waals surface area (Å²) in [5.41, 5.74) is -0.330. The molecule has 0 bridgehead atoms. The molecule has 0 radical (unpaired) electrons. The minimum Gasteiger partial charge on any atom is -0.454 e. The fourth-order valence-corrected chi connectivity index (χ4v) is 5.98. The van der Waals surface area contributed by atoms with Gasteiger partial charge in [0.1, 0.15) is 5.58 Å². The lowest BCUT2D eigenvalue weighted by Crippen LogP contribution is -2.11. The molecule has 0 aliphatic rings. The predicted octanol–water partition coefficient (Wildman–Crippen LogP) is 12.7. The van der Waals surface area contributed by atoms with Crippen LogP contribution in [0, 0.1) is 0 Å². The highest BCUT2D eigenvalue weighted by Gasteiger charge is 2.22. The molecule has 1 heterocycles. The van der Waals surface area contributed by atoms with Gasteiger partial charge in [-0.1, -0.05) is 145 Å². The zero-order valence-electron chi connectivity index (χ0n) is 37.1. The van der Waals surface area contributed by atoms with Crippen LogP contribution in [-0.4, -0.2) is 0 Å². The molecule has 0 fully saturated rings. The molecule has 1 aromatic heterocycles. The first-order valence-corrected chi connectivity index (χ1v) is 14.6. The molecule has 2 heteroatoms. The van der Waals surface area contributed by atoms with Gasteiger partial charge in [0.25, 0.3) is 0 Å². The van der Waals surface area contributed by atoms with Crippen LogP contribution in [-0.2, 0) is 0 Å². The fraction of sp³-hybridized carbons (Fsp3) is 0. The quantitative estimate of drug-likeness (QED) is 0.183. The molecule has 9 rings (SSSR count). The molecule has 9 aromatic rings. The summed E-state index contributed by atoms with van der Waals surface area (Å²) in [6.45, 7) is 0. The van der Waals surface area contributed by atoms with Gasteiger partial charge in [-0.3, -0.25) is 0 Å². The third kappa shape index (κ3) is 4.35. The lowest BCUT2D eigenvalue weighted by Gasteiger charge is -2.27. The maximum absolute atomic E-state index is 9.60. The van der Waals surface area contributed by atoms with Gasteiger partial charge in [0.2, 0.25) is 0 Å². The average molecular weight is 601 g/mol. The number of para-hydroxylation sites is 2. The lowest BCUT2D eigenvalue weighted by atomic mass is 9.98. The molecule has 0 N–H and O–H groups in total. The monoisotopic (exact) mass is 600 g/mol. The van der Waals surface area contributed by atoms with Crippen LogP contribution in [0.5, 0.6) is 0 Å². The van der Waals surface area contributed by atoms with Gasteiger partial charge in [-0.25, -0.2) is 0 Å². The summed E-state index contributed by atoms with van der Waals surface area (Å²) in [7, 11) is 0. The van der Waals surface area contributed by atoms with Gasteiger partial charge in [-0.05, 0) is 68.7 Å². The van der Waals surface area contributed by atoms with Crippen molar-refractivity contribution in [3.8, 4) is 22.3 Å². The van der Waals surface area contributed by atoms with Crippen molar-refractivity contribution >= 4 is 60.5 Å². The van der Waals surface area contributed by atoms with Crippen molar-refractivity contribution in [2.45, 2.75) is 0 Å². The molecule has 0 aliphatic carbocycles. The van der Waals surface area contributed by atoms with Crippen molar-refractivity contribution in [1.82, 2.24) is 0 Å². The van der Waals surface area contributed by atoms with Crippen LogP contribution in [0.3, 0.4) is 0 Å². The fourth-order valence-electron chi connectivity index (χ4n) is 5.98. The van der Waals surface area contributed by atoms with Crippen molar-refractivity contribution in [2.24, 2.45) is 0 Å². The highest BCUT2D eigenvalue weighted by atomic mass is 16.3. The molecular weight excluding hydrogens is 558 g/mol. The molecule has 2 nitrogen and oxygen atoms in total. The third-order valence-electron chi connectivity index (χ3n) is 8.07. The van der Waals surface area contributed by atoms with Crippen LogP contribution in [0.25, 0.3) is 65.7 Å². The van der Waals surface area contributed by atoms with Gasteiger partial charge in [0.05, 0.1) is 29.2 Å². The Morgan fingerprint density at radius 2 is 1.00 bits per heavy atom. The molecule has 216 valence electrons. The van der Waals surface area contributed by atoms with Crippen LogP contribution in [0.15, 0.2) is 180 Å². The molecular formula is C44H29NO. The van der Waals surface area contributed by atoms with Crippen LogP contribution in [0.2, 0.25) is 0 Å². The van der Waals surface area contributed by atoms with Crippen molar-refractivity contribution in [3.05, 3.63) is 176 Å². The Balaban J connectivity index is 1.36. The topological polar surface area (TPSA) is 16.4 Å². The zero-order chi connectivity index (χ0) is 41.8. The predicted molar refractivity (Wildman–Crippen MR) is 194 cm³/mol. The maximum Gasteiger partial charge on any atom is 0.159 e. The van der Waals surface area contributed by atoms with Crippen molar-refractivity contribution in [2.75, 3.05) is 4.90 Å². The number of furan rings is 1. The third-order valence-corrected chi connectivity index (χ3v) is 8.07. The Bertz CT molecular complexity index is 3200. The Hall–Kier alpha value is -6.12. The summed E-state index contributed by atoms with van der Waals surface area (Å²) in [4.78, 5) is 1.64. The Kier molecular flexibility index (Phi) is 3.82. The minimum absolute atomic E-state index is 0.164. The second kappa shape index (κ2) is 10.8. The molecule has 0 saturated carbocycles. The van der Waals surface area contributed by atoms with E-state index in [-0.39, 0.29) is 5.69 Å². The molecule has 8 aromatic carbocycles. The molecule has 0 spiro atoms. The molecule has 0 amide bonds. The van der Waals surface area contributed by atoms with E-state index in [0.29, 0.717) is 22.5 Å². The summed E-state index contributed by atoms with van der Waals surface area (Å²) < 4.78 is 122. The number of benzene rings is 8. The summed E-state index contributed by atoms with van der Waals surface area (Å²) in [6.07, 6.45) is 0. The summed E-state index contributed by atoms with van der Waals surface area (Å²) in [5, 5.41) is 5.00. The second-order valence-electron chi connectivity index (χ2n) is 10.7. The smallest absolute Gasteiger partial charge is 0.159 e. The van der Waals surface area contributed by atoms with E-state index in [2.05, 4.69) is 0 Å². The normalized spacial score (nSPS) is 15.4. The van der Waals surface area contributed by atoms with Gasteiger partial charge in [0, 0.05) is 21.8 Å². The van der Waals surface area contributed by atoms with Gasteiger partial charge >= 0.3 is 0 Å². The number of hydrogen-bond donors (Lipinski definition) is 0. The highest BCUT2D eigenvalue weighted by molar-refractivity contribution is 6.16. The summed E-state index contributed by atoms with van der Waals surface area (Å²) in [5.74, 6) is 0. The summed E-state index contributed by atoms with van der Waals surface area (Å²) >= 11 is 0. The number of rotatable bonds is 5. The zero-order valence-corrected chi connectivity index (χ0v) is 24.1. The van der Waals surface area contributed by atoms with E-state index in [1.54, 1.807) is 11.0 Å². The Morgan fingerprint density at radius 1 is 0.435 bits per heavy atom. The van der Waals surface area contributed by atoms with Crippen LogP contribution < -0.4 is 4.90 Å². The van der Waals surface area contributed by atoms with Crippen molar-refractivity contribution in [1.29, 1.82) is 0 Å². The Morgan fingerprint density at radius 3 is 1.74 bits per heavy atom. The van der Waals surface area contributed by atoms with Gasteiger partial charge in [0.15, 0.2) is 5.58 Å². The van der Waals surface area contributed by atoms with Crippen molar-refractivity contribution < 1.29 is 22.2 Å². The first kappa shape index (κ1) is 16.3. The number of hydrogen-bond acceptors (Lipinski definition) is 2. The average Bonchev–Trinajstić information content (AvgIpc) is 3.64. The van der Waals surface area contributed by atoms with E-state index in [0.717, 1.165) is 32.3 Å². The van der Waals surface area contributed by atoms with E-state index in [1.807, 2.05) is 91.0 Å². The van der Waals surface area contributed by atoms with Gasteiger partial charge in [-0.2, -0.15) is 0 Å². The van der Waals surface area contributed by atoms with Crippen LogP contribution in [0.1, 0.15) is 17.8 Å². The lowest BCUT2D eigenvalue weighted by molar-refractivity contribution is 0.669. The minimum atomic E-state index is -0.777. The van der Waals surface area contributed by atoms with Gasteiger partial charge < -0.3 is 9.32 Å². The first-order valence-electron chi connectivity index (χ1n) is 21.1. The van der Waals surface area contributed by atoms with E-state index >= 15 is 0 Å². The van der Waals surface area contributed by atoms with Gasteiger partial charge in [-0.15, -0.1) is 0 Å². The standard InChI is InChI=1S/C44H29NO/c1-2-11-30(12-3-1)31-21-23-32(24-22-31)33-25-27-35(28-26-33)45(41-19-10-18-40-39-17-8-9-20-43(39)46-44(40)41)42-29-34-13-4-5-14-36(34)37-15-6-7-16-38(37)42/h1-29H/i1D,2D,3D,11D,12D,21D,22D,23D,24D,25D,26D,27D,28D. The van der Waals surface area contributed by atoms with E-state index < -0.39 is 101 Å². The second-order valence-corrected chi connectivity index (χ2v) is 10.7. The summed E-state index contributed by atoms with van der Waals surface area (Å²) in [6, 6.07) is 21.3. The molecule has 0 atom stereocenters. The van der Waals surface area contributed by atoms with E-state index in [9.17, 15) is 5.48 Å². The Labute approximate surface area is 285 Å². The number of nitrogens with zero attached hydrogens (tertiary/aromatic N) is 1. The number of anilines is 3. The van der Waals surface area contributed by atoms with E-state index in [1.165, 1.54) is 0 Å². The molecule has 46 heavy (non-hydrogen) atoms. The highest BCUT2D eigenvalue weighted by Crippen LogP contribution is 2.46. The first-order chi connectivity index (χ1) is 28.2. The molecule has 0 aliphatic heterocycles. The largest absolute Gasteiger partial charge is 0.454 e.